The molecule has 2 aliphatic rings. The van der Waals surface area contributed by atoms with Gasteiger partial charge in [-0.25, -0.2) is 4.99 Å². The van der Waals surface area contributed by atoms with E-state index in [4.69, 9.17) is 14.5 Å². The maximum atomic E-state index is 5.82. The summed E-state index contributed by atoms with van der Waals surface area (Å²) in [6.45, 7) is 9.42. The highest BCUT2D eigenvalue weighted by atomic mass is 127. The first kappa shape index (κ1) is 24.2. The fourth-order valence-electron chi connectivity index (χ4n) is 3.94. The van der Waals surface area contributed by atoms with E-state index >= 15 is 0 Å². The van der Waals surface area contributed by atoms with Crippen molar-refractivity contribution < 1.29 is 9.47 Å². The third-order valence-corrected chi connectivity index (χ3v) is 5.61. The van der Waals surface area contributed by atoms with Gasteiger partial charge in [0.2, 0.25) is 0 Å². The molecule has 7 heteroatoms. The van der Waals surface area contributed by atoms with E-state index < -0.39 is 0 Å². The number of ether oxygens (including phenoxy) is 2. The van der Waals surface area contributed by atoms with Crippen molar-refractivity contribution in [3.05, 3.63) is 29.8 Å². The van der Waals surface area contributed by atoms with Gasteiger partial charge in [-0.1, -0.05) is 12.1 Å². The Hall–Kier alpha value is -1.06. The maximum absolute atomic E-state index is 5.82. The number of guanidine groups is 1. The number of hydrogen-bond acceptors (Lipinski definition) is 4. The molecule has 2 fully saturated rings. The van der Waals surface area contributed by atoms with Gasteiger partial charge in [-0.2, -0.15) is 0 Å². The number of benzene rings is 1. The van der Waals surface area contributed by atoms with Gasteiger partial charge in [0.1, 0.15) is 5.75 Å². The molecule has 0 bridgehead atoms. The Morgan fingerprint density at radius 2 is 2.07 bits per heavy atom. The van der Waals surface area contributed by atoms with Crippen LogP contribution in [0, 0.1) is 5.41 Å². The van der Waals surface area contributed by atoms with Crippen molar-refractivity contribution in [1.82, 2.24) is 15.1 Å². The normalized spacial score (nSPS) is 21.7. The maximum Gasteiger partial charge on any atom is 0.194 e. The molecule has 0 amide bonds. The molecule has 2 heterocycles. The number of aliphatic imine (C=N–C) groups is 1. The van der Waals surface area contributed by atoms with Crippen LogP contribution in [0.3, 0.4) is 0 Å². The SMILES string of the molecule is CCNC(=NCc1ccc(OCCCN(C)C)cc1)N1CCC2(CCOC2)C1.I. The van der Waals surface area contributed by atoms with Gasteiger partial charge in [0.15, 0.2) is 5.96 Å². The summed E-state index contributed by atoms with van der Waals surface area (Å²) in [6.07, 6.45) is 3.42. The highest BCUT2D eigenvalue weighted by molar-refractivity contribution is 14.0. The summed E-state index contributed by atoms with van der Waals surface area (Å²) < 4.78 is 11.5. The predicted molar refractivity (Wildman–Crippen MR) is 129 cm³/mol. The molecule has 29 heavy (non-hydrogen) atoms. The molecule has 0 aromatic heterocycles. The standard InChI is InChI=1S/C22H36N4O2.HI/c1-4-23-21(26-13-10-22(17-26)11-15-27-18-22)24-16-19-6-8-20(9-7-19)28-14-5-12-25(2)3;/h6-9H,4-5,10-18H2,1-3H3,(H,23,24);1H. The average molecular weight is 516 g/mol. The van der Waals surface area contributed by atoms with Gasteiger partial charge in [-0.3, -0.25) is 0 Å². The number of nitrogens with zero attached hydrogens (tertiary/aromatic N) is 3. The fourth-order valence-corrected chi connectivity index (χ4v) is 3.94. The molecule has 3 rings (SSSR count). The van der Waals surface area contributed by atoms with Crippen LogP contribution in [0.15, 0.2) is 29.3 Å². The van der Waals surface area contributed by atoms with Gasteiger partial charge < -0.3 is 24.6 Å². The Morgan fingerprint density at radius 3 is 2.72 bits per heavy atom. The van der Waals surface area contributed by atoms with E-state index in [-0.39, 0.29) is 24.0 Å². The second kappa shape index (κ2) is 12.0. The number of hydrogen-bond donors (Lipinski definition) is 1. The van der Waals surface area contributed by atoms with Crippen LogP contribution < -0.4 is 10.1 Å². The van der Waals surface area contributed by atoms with Crippen LogP contribution in [0.4, 0.5) is 0 Å². The molecule has 1 atom stereocenters. The first-order valence-electron chi connectivity index (χ1n) is 10.6. The number of halogens is 1. The Bertz CT molecular complexity index is 630. The molecule has 1 aromatic carbocycles. The molecule has 2 saturated heterocycles. The zero-order chi connectivity index (χ0) is 19.8. The Morgan fingerprint density at radius 1 is 1.28 bits per heavy atom. The highest BCUT2D eigenvalue weighted by Gasteiger charge is 2.42. The van der Waals surface area contributed by atoms with E-state index in [9.17, 15) is 0 Å². The van der Waals surface area contributed by atoms with Gasteiger partial charge in [-0.05, 0) is 58.0 Å². The minimum absolute atomic E-state index is 0. The zero-order valence-electron chi connectivity index (χ0n) is 18.2. The lowest BCUT2D eigenvalue weighted by Gasteiger charge is -2.25. The van der Waals surface area contributed by atoms with Crippen LogP contribution in [-0.2, 0) is 11.3 Å². The summed E-state index contributed by atoms with van der Waals surface area (Å²) in [5.74, 6) is 1.95. The summed E-state index contributed by atoms with van der Waals surface area (Å²) in [5.41, 5.74) is 1.55. The van der Waals surface area contributed by atoms with Crippen molar-refractivity contribution in [2.24, 2.45) is 10.4 Å². The minimum atomic E-state index is 0. The molecule has 0 radical (unpaired) electrons. The van der Waals surface area contributed by atoms with Gasteiger partial charge in [0, 0.05) is 38.2 Å². The van der Waals surface area contributed by atoms with Crippen LogP contribution in [-0.4, -0.2) is 75.9 Å². The Balaban J connectivity index is 0.00000300. The lowest BCUT2D eigenvalue weighted by Crippen LogP contribution is -2.41. The van der Waals surface area contributed by atoms with Gasteiger partial charge in [0.05, 0.1) is 19.8 Å². The third-order valence-electron chi connectivity index (χ3n) is 5.61. The van der Waals surface area contributed by atoms with Crippen LogP contribution in [0.2, 0.25) is 0 Å². The Labute approximate surface area is 193 Å². The third kappa shape index (κ3) is 7.29. The smallest absolute Gasteiger partial charge is 0.194 e. The molecule has 1 unspecified atom stereocenters. The van der Waals surface area contributed by atoms with E-state index in [2.05, 4.69) is 48.3 Å². The average Bonchev–Trinajstić information content (AvgIpc) is 3.33. The van der Waals surface area contributed by atoms with Crippen molar-refractivity contribution >= 4 is 29.9 Å². The number of rotatable bonds is 8. The lowest BCUT2D eigenvalue weighted by atomic mass is 9.87. The number of nitrogens with one attached hydrogen (secondary N) is 1. The first-order valence-corrected chi connectivity index (χ1v) is 10.6. The predicted octanol–water partition coefficient (Wildman–Crippen LogP) is 3.21. The van der Waals surface area contributed by atoms with Crippen molar-refractivity contribution in [1.29, 1.82) is 0 Å². The molecular formula is C22H37IN4O2. The molecule has 1 aromatic rings. The highest BCUT2D eigenvalue weighted by Crippen LogP contribution is 2.38. The first-order chi connectivity index (χ1) is 13.6. The summed E-state index contributed by atoms with van der Waals surface area (Å²) in [5, 5.41) is 3.46. The molecule has 6 nitrogen and oxygen atoms in total. The summed E-state index contributed by atoms with van der Waals surface area (Å²) >= 11 is 0. The van der Waals surface area contributed by atoms with Crippen molar-refractivity contribution in [2.75, 3.05) is 60.1 Å². The second-order valence-electron chi connectivity index (χ2n) is 8.29. The van der Waals surface area contributed by atoms with E-state index in [0.717, 1.165) is 64.1 Å². The summed E-state index contributed by atoms with van der Waals surface area (Å²) in [4.78, 5) is 9.47. The van der Waals surface area contributed by atoms with Gasteiger partial charge in [0.25, 0.3) is 0 Å². The largest absolute Gasteiger partial charge is 0.494 e. The van der Waals surface area contributed by atoms with Crippen LogP contribution in [0.1, 0.15) is 31.7 Å². The Kier molecular flexibility index (Phi) is 9.98. The fraction of sp³-hybridized carbons (Fsp3) is 0.682. The quantitative estimate of drug-likeness (QED) is 0.249. The molecule has 164 valence electrons. The zero-order valence-corrected chi connectivity index (χ0v) is 20.5. The van der Waals surface area contributed by atoms with E-state index in [0.29, 0.717) is 12.0 Å². The molecule has 1 N–H and O–H groups in total. The number of likely N-dealkylation sites (tertiary alicyclic amines) is 1. The molecule has 0 saturated carbocycles. The van der Waals surface area contributed by atoms with Crippen molar-refractivity contribution in [3.8, 4) is 5.75 Å². The van der Waals surface area contributed by atoms with Gasteiger partial charge >= 0.3 is 0 Å². The van der Waals surface area contributed by atoms with E-state index in [1.54, 1.807) is 0 Å². The molecule has 1 spiro atoms. The van der Waals surface area contributed by atoms with Gasteiger partial charge in [-0.15, -0.1) is 24.0 Å². The van der Waals surface area contributed by atoms with Crippen LogP contribution in [0.5, 0.6) is 5.75 Å². The summed E-state index contributed by atoms with van der Waals surface area (Å²) in [6, 6.07) is 8.33. The monoisotopic (exact) mass is 516 g/mol. The topological polar surface area (TPSA) is 49.3 Å². The van der Waals surface area contributed by atoms with Crippen molar-refractivity contribution in [2.45, 2.75) is 32.7 Å². The molecule has 0 aliphatic carbocycles. The minimum Gasteiger partial charge on any atom is -0.494 e. The molecular weight excluding hydrogens is 479 g/mol. The van der Waals surface area contributed by atoms with E-state index in [1.165, 1.54) is 18.4 Å². The van der Waals surface area contributed by atoms with Crippen LogP contribution in [0.25, 0.3) is 0 Å². The van der Waals surface area contributed by atoms with Crippen LogP contribution >= 0.6 is 24.0 Å². The van der Waals surface area contributed by atoms with Crippen molar-refractivity contribution in [3.63, 3.8) is 0 Å². The van der Waals surface area contributed by atoms with E-state index in [1.807, 2.05) is 12.1 Å². The lowest BCUT2D eigenvalue weighted by molar-refractivity contribution is 0.156. The summed E-state index contributed by atoms with van der Waals surface area (Å²) in [7, 11) is 4.17. The molecule has 2 aliphatic heterocycles. The second-order valence-corrected chi connectivity index (χ2v) is 8.29.